The van der Waals surface area contributed by atoms with Crippen LogP contribution >= 0.6 is 0 Å². The molecule has 0 aliphatic heterocycles. The number of allylic oxidation sites excluding steroid dienone is 5. The summed E-state index contributed by atoms with van der Waals surface area (Å²) >= 11 is 0. The Morgan fingerprint density at radius 2 is 1.46 bits per heavy atom. The maximum absolute atomic E-state index is 11.3. The zero-order chi connectivity index (χ0) is 18.4. The van der Waals surface area contributed by atoms with Gasteiger partial charge in [0.2, 0.25) is 0 Å². The largest absolute Gasteiger partial charge is 0.478 e. The van der Waals surface area contributed by atoms with Crippen LogP contribution in [0.15, 0.2) is 46.6 Å². The molecule has 4 nitrogen and oxygen atoms in total. The van der Waals surface area contributed by atoms with Gasteiger partial charge < -0.3 is 15.3 Å². The highest BCUT2D eigenvalue weighted by molar-refractivity contribution is 5.86. The van der Waals surface area contributed by atoms with Gasteiger partial charge >= 0.3 is 5.97 Å². The van der Waals surface area contributed by atoms with Gasteiger partial charge in [-0.2, -0.15) is 0 Å². The molecule has 0 aliphatic carbocycles. The van der Waals surface area contributed by atoms with Gasteiger partial charge in [-0.15, -0.1) is 0 Å². The van der Waals surface area contributed by atoms with Crippen molar-refractivity contribution in [1.82, 2.24) is 0 Å². The SMILES string of the molecule is CC(C)=CCC/C(=C/CC/C(=C\CC/C(C)=C\CO)C(=O)O)CO. The zero-order valence-corrected chi connectivity index (χ0v) is 15.2. The number of rotatable bonds is 12. The Morgan fingerprint density at radius 1 is 0.833 bits per heavy atom. The minimum atomic E-state index is -0.887. The summed E-state index contributed by atoms with van der Waals surface area (Å²) in [6, 6.07) is 0. The van der Waals surface area contributed by atoms with E-state index >= 15 is 0 Å². The molecule has 0 saturated carbocycles. The molecule has 0 amide bonds. The van der Waals surface area contributed by atoms with Gasteiger partial charge in [-0.3, -0.25) is 0 Å². The third-order valence-corrected chi connectivity index (χ3v) is 3.71. The molecule has 3 N–H and O–H groups in total. The summed E-state index contributed by atoms with van der Waals surface area (Å²) in [6.07, 6.45) is 11.8. The number of aliphatic carboxylic acids is 1. The summed E-state index contributed by atoms with van der Waals surface area (Å²) in [7, 11) is 0. The molecule has 0 aromatic rings. The van der Waals surface area contributed by atoms with Crippen LogP contribution in [0.2, 0.25) is 0 Å². The fourth-order valence-electron chi connectivity index (χ4n) is 2.25. The van der Waals surface area contributed by atoms with Gasteiger partial charge in [-0.05, 0) is 64.9 Å². The van der Waals surface area contributed by atoms with Crippen LogP contribution in [0.1, 0.15) is 59.3 Å². The second kappa shape index (κ2) is 13.8. The Bertz CT molecular complexity index is 492. The summed E-state index contributed by atoms with van der Waals surface area (Å²) in [5, 5.41) is 27.4. The minimum Gasteiger partial charge on any atom is -0.478 e. The summed E-state index contributed by atoms with van der Waals surface area (Å²) in [5.41, 5.74) is 3.68. The molecule has 0 aromatic carbocycles. The first-order valence-corrected chi connectivity index (χ1v) is 8.51. The van der Waals surface area contributed by atoms with Crippen LogP contribution in [0.5, 0.6) is 0 Å². The van der Waals surface area contributed by atoms with Gasteiger partial charge in [0.15, 0.2) is 0 Å². The Kier molecular flexibility index (Phi) is 12.8. The first-order chi connectivity index (χ1) is 11.4. The highest BCUT2D eigenvalue weighted by Gasteiger charge is 2.06. The van der Waals surface area contributed by atoms with Crippen LogP contribution in [-0.4, -0.2) is 34.5 Å². The lowest BCUT2D eigenvalue weighted by Gasteiger charge is -2.04. The average Bonchev–Trinajstić information content (AvgIpc) is 2.51. The maximum Gasteiger partial charge on any atom is 0.331 e. The van der Waals surface area contributed by atoms with E-state index in [1.165, 1.54) is 5.57 Å². The number of aliphatic hydroxyl groups is 2. The van der Waals surface area contributed by atoms with E-state index in [0.29, 0.717) is 24.8 Å². The quantitative estimate of drug-likeness (QED) is 0.369. The summed E-state index contributed by atoms with van der Waals surface area (Å²) in [5.74, 6) is -0.887. The van der Waals surface area contributed by atoms with Gasteiger partial charge in [0.25, 0.3) is 0 Å². The minimum absolute atomic E-state index is 0.0167. The molecule has 0 bridgehead atoms. The monoisotopic (exact) mass is 336 g/mol. The number of carboxylic acids is 1. The molecule has 4 heteroatoms. The number of carbonyl (C=O) groups is 1. The summed E-state index contributed by atoms with van der Waals surface area (Å²) in [4.78, 5) is 11.3. The van der Waals surface area contributed by atoms with Crippen molar-refractivity contribution < 1.29 is 20.1 Å². The van der Waals surface area contributed by atoms with E-state index in [0.717, 1.165) is 30.4 Å². The molecule has 0 aliphatic rings. The van der Waals surface area contributed by atoms with Crippen molar-refractivity contribution in [2.45, 2.75) is 59.3 Å². The van der Waals surface area contributed by atoms with Gasteiger partial charge in [-0.1, -0.05) is 35.5 Å². The number of carboxylic acid groups (broad SMARTS) is 1. The van der Waals surface area contributed by atoms with Crippen molar-refractivity contribution in [2.24, 2.45) is 0 Å². The molecule has 0 fully saturated rings. The van der Waals surface area contributed by atoms with Gasteiger partial charge in [0.1, 0.15) is 0 Å². The van der Waals surface area contributed by atoms with E-state index in [4.69, 9.17) is 5.11 Å². The first kappa shape index (κ1) is 22.4. The van der Waals surface area contributed by atoms with Crippen LogP contribution in [0, 0.1) is 0 Å². The normalized spacial score (nSPS) is 13.1. The van der Waals surface area contributed by atoms with E-state index in [1.807, 2.05) is 26.8 Å². The topological polar surface area (TPSA) is 77.8 Å². The summed E-state index contributed by atoms with van der Waals surface area (Å²) in [6.45, 7) is 6.05. The molecule has 136 valence electrons. The second-order valence-electron chi connectivity index (χ2n) is 6.19. The standard InChI is InChI=1S/C20H32O4/c1-16(2)7-4-9-18(15-22)10-6-12-19(20(23)24)11-5-8-17(3)13-14-21/h7,10-11,13,21-22H,4-6,8-9,12,14-15H2,1-3H3,(H,23,24)/b17-13-,18-10-,19-11+. The molecule has 0 aromatic heterocycles. The van der Waals surface area contributed by atoms with E-state index in [1.54, 1.807) is 12.2 Å². The van der Waals surface area contributed by atoms with E-state index in [2.05, 4.69) is 6.08 Å². The highest BCUT2D eigenvalue weighted by atomic mass is 16.4. The lowest BCUT2D eigenvalue weighted by Crippen LogP contribution is -2.01. The van der Waals surface area contributed by atoms with Crippen molar-refractivity contribution in [3.8, 4) is 0 Å². The third-order valence-electron chi connectivity index (χ3n) is 3.71. The first-order valence-electron chi connectivity index (χ1n) is 8.51. The molecule has 0 spiro atoms. The van der Waals surface area contributed by atoms with Crippen LogP contribution < -0.4 is 0 Å². The lowest BCUT2D eigenvalue weighted by molar-refractivity contribution is -0.132. The molecular weight excluding hydrogens is 304 g/mol. The molecule has 24 heavy (non-hydrogen) atoms. The van der Waals surface area contributed by atoms with E-state index in [9.17, 15) is 15.0 Å². The van der Waals surface area contributed by atoms with Crippen molar-refractivity contribution in [1.29, 1.82) is 0 Å². The third kappa shape index (κ3) is 11.9. The lowest BCUT2D eigenvalue weighted by atomic mass is 10.0. The molecular formula is C20H32O4. The zero-order valence-electron chi connectivity index (χ0n) is 15.2. The van der Waals surface area contributed by atoms with Gasteiger partial charge in [0.05, 0.1) is 13.2 Å². The molecule has 0 saturated heterocycles. The van der Waals surface area contributed by atoms with Crippen molar-refractivity contribution in [2.75, 3.05) is 13.2 Å². The Hall–Kier alpha value is -1.65. The number of hydrogen-bond donors (Lipinski definition) is 3. The number of hydrogen-bond acceptors (Lipinski definition) is 3. The molecule has 0 atom stereocenters. The van der Waals surface area contributed by atoms with Gasteiger partial charge in [-0.25, -0.2) is 4.79 Å². The predicted molar refractivity (Wildman–Crippen MR) is 98.9 cm³/mol. The molecule has 0 rings (SSSR count). The second-order valence-corrected chi connectivity index (χ2v) is 6.19. The van der Waals surface area contributed by atoms with E-state index < -0.39 is 5.97 Å². The highest BCUT2D eigenvalue weighted by Crippen LogP contribution is 2.14. The summed E-state index contributed by atoms with van der Waals surface area (Å²) < 4.78 is 0. The van der Waals surface area contributed by atoms with Crippen LogP contribution in [0.3, 0.4) is 0 Å². The Labute approximate surface area is 145 Å². The van der Waals surface area contributed by atoms with Crippen LogP contribution in [-0.2, 0) is 4.79 Å². The fraction of sp³-hybridized carbons (Fsp3) is 0.550. The van der Waals surface area contributed by atoms with Crippen molar-refractivity contribution >= 4 is 5.97 Å². The maximum atomic E-state index is 11.3. The van der Waals surface area contributed by atoms with E-state index in [-0.39, 0.29) is 13.2 Å². The Balaban J connectivity index is 4.51. The van der Waals surface area contributed by atoms with Crippen LogP contribution in [0.25, 0.3) is 0 Å². The van der Waals surface area contributed by atoms with Crippen molar-refractivity contribution in [3.05, 3.63) is 46.6 Å². The number of aliphatic hydroxyl groups excluding tert-OH is 2. The smallest absolute Gasteiger partial charge is 0.331 e. The average molecular weight is 336 g/mol. The fourth-order valence-corrected chi connectivity index (χ4v) is 2.25. The van der Waals surface area contributed by atoms with Gasteiger partial charge in [0, 0.05) is 5.57 Å². The van der Waals surface area contributed by atoms with Crippen molar-refractivity contribution in [3.63, 3.8) is 0 Å². The predicted octanol–water partition coefficient (Wildman–Crippen LogP) is 4.16. The molecule has 0 unspecified atom stereocenters. The van der Waals surface area contributed by atoms with Crippen LogP contribution in [0.4, 0.5) is 0 Å². The Morgan fingerprint density at radius 3 is 2.00 bits per heavy atom. The molecule has 0 heterocycles. The molecule has 0 radical (unpaired) electrons.